The predicted octanol–water partition coefficient (Wildman–Crippen LogP) is 4.37. The summed E-state index contributed by atoms with van der Waals surface area (Å²) >= 11 is 0. The van der Waals surface area contributed by atoms with E-state index < -0.39 is 0 Å². The molecule has 1 aliphatic heterocycles. The first-order valence-electron chi connectivity index (χ1n) is 10.6. The number of nitrogens with zero attached hydrogens (tertiary/aromatic N) is 2. The number of hydrogen-bond donors (Lipinski definition) is 0. The molecule has 27 heavy (non-hydrogen) atoms. The van der Waals surface area contributed by atoms with Gasteiger partial charge >= 0.3 is 0 Å². The normalized spacial score (nSPS) is 21.3. The summed E-state index contributed by atoms with van der Waals surface area (Å²) in [6.45, 7) is 7.88. The molecule has 0 spiro atoms. The zero-order valence-corrected chi connectivity index (χ0v) is 17.7. The van der Waals surface area contributed by atoms with Crippen LogP contribution in [0.4, 0.5) is 0 Å². The van der Waals surface area contributed by atoms with Crippen LogP contribution < -0.4 is 9.47 Å². The smallest absolute Gasteiger partial charge is 0.163 e. The van der Waals surface area contributed by atoms with Crippen molar-refractivity contribution in [3.05, 3.63) is 24.3 Å². The van der Waals surface area contributed by atoms with Gasteiger partial charge in [-0.15, -0.1) is 0 Å². The Morgan fingerprint density at radius 3 is 1.67 bits per heavy atom. The highest BCUT2D eigenvalue weighted by molar-refractivity contribution is 5.39. The molecule has 5 heteroatoms. The monoisotopic (exact) mass is 378 g/mol. The zero-order valence-electron chi connectivity index (χ0n) is 17.7. The van der Waals surface area contributed by atoms with Crippen molar-refractivity contribution in [3.63, 3.8) is 0 Å². The fourth-order valence-corrected chi connectivity index (χ4v) is 3.25. The molecule has 2 atom stereocenters. The van der Waals surface area contributed by atoms with Crippen LogP contribution >= 0.6 is 0 Å². The molecule has 0 saturated carbocycles. The van der Waals surface area contributed by atoms with Crippen LogP contribution in [-0.2, 0) is 4.74 Å². The molecule has 0 N–H and O–H groups in total. The molecule has 154 valence electrons. The third-order valence-electron chi connectivity index (χ3n) is 5.11. The maximum absolute atomic E-state index is 6.40. The van der Waals surface area contributed by atoms with Gasteiger partial charge in [-0.3, -0.25) is 9.80 Å². The highest BCUT2D eigenvalue weighted by atomic mass is 16.6. The molecule has 1 aliphatic rings. The summed E-state index contributed by atoms with van der Waals surface area (Å²) in [7, 11) is 4.26. The Kier molecular flexibility index (Phi) is 9.95. The summed E-state index contributed by atoms with van der Waals surface area (Å²) in [5, 5.41) is 0. The van der Waals surface area contributed by atoms with Gasteiger partial charge in [-0.2, -0.15) is 0 Å². The van der Waals surface area contributed by atoms with Gasteiger partial charge in [0.25, 0.3) is 0 Å². The molecule has 0 bridgehead atoms. The van der Waals surface area contributed by atoms with Crippen LogP contribution in [0, 0.1) is 0 Å². The summed E-state index contributed by atoms with van der Waals surface area (Å²) in [6, 6.07) is 8.05. The number of ether oxygens (including phenoxy) is 3. The first-order valence-corrected chi connectivity index (χ1v) is 10.6. The maximum Gasteiger partial charge on any atom is 0.163 e. The molecular formula is C22H38N2O3. The van der Waals surface area contributed by atoms with Crippen molar-refractivity contribution in [2.24, 2.45) is 0 Å². The summed E-state index contributed by atoms with van der Waals surface area (Å²) in [5.41, 5.74) is 0. The largest absolute Gasteiger partial charge is 0.471 e. The van der Waals surface area contributed by atoms with Crippen molar-refractivity contribution in [1.82, 2.24) is 9.80 Å². The standard InChI is InChI=1S/C22H38N2O3/c1-5-7-15-23(3)21-13-17-25-18-14-22(24(4)16-8-6-2)27-20-12-10-9-11-19(20)26-21/h9-12,21-22H,5-8,13-18H2,1-4H3. The highest BCUT2D eigenvalue weighted by Gasteiger charge is 2.23. The van der Waals surface area contributed by atoms with Crippen LogP contribution in [0.1, 0.15) is 52.4 Å². The first kappa shape index (κ1) is 22.0. The maximum atomic E-state index is 6.40. The molecule has 0 fully saturated rings. The second-order valence-electron chi connectivity index (χ2n) is 7.45. The van der Waals surface area contributed by atoms with Gasteiger partial charge in [-0.25, -0.2) is 0 Å². The van der Waals surface area contributed by atoms with Gasteiger partial charge in [-0.05, 0) is 39.1 Å². The van der Waals surface area contributed by atoms with Crippen molar-refractivity contribution in [1.29, 1.82) is 0 Å². The Labute approximate surface area is 165 Å². The lowest BCUT2D eigenvalue weighted by molar-refractivity contribution is 0.00242. The van der Waals surface area contributed by atoms with Crippen molar-refractivity contribution in [3.8, 4) is 11.5 Å². The molecule has 1 aromatic rings. The van der Waals surface area contributed by atoms with E-state index in [2.05, 4.69) is 37.7 Å². The SMILES string of the molecule is CCCCN(C)C1CCOCCC(N(C)CCCC)Oc2ccccc2O1. The number of unbranched alkanes of at least 4 members (excludes halogenated alkanes) is 2. The van der Waals surface area contributed by atoms with Gasteiger partial charge in [-0.1, -0.05) is 38.8 Å². The Bertz CT molecular complexity index is 481. The number of para-hydroxylation sites is 2. The fourth-order valence-electron chi connectivity index (χ4n) is 3.25. The summed E-state index contributed by atoms with van der Waals surface area (Å²) in [5.74, 6) is 1.64. The topological polar surface area (TPSA) is 34.2 Å². The Morgan fingerprint density at radius 1 is 0.815 bits per heavy atom. The molecule has 2 unspecified atom stereocenters. The van der Waals surface area contributed by atoms with Crippen molar-refractivity contribution in [2.75, 3.05) is 40.4 Å². The second-order valence-corrected chi connectivity index (χ2v) is 7.45. The predicted molar refractivity (Wildman–Crippen MR) is 110 cm³/mol. The third-order valence-corrected chi connectivity index (χ3v) is 5.11. The van der Waals surface area contributed by atoms with Gasteiger partial charge in [0, 0.05) is 25.9 Å². The fraction of sp³-hybridized carbons (Fsp3) is 0.727. The lowest BCUT2D eigenvalue weighted by Crippen LogP contribution is -2.38. The lowest BCUT2D eigenvalue weighted by Gasteiger charge is -2.30. The van der Waals surface area contributed by atoms with Crippen LogP contribution in [0.3, 0.4) is 0 Å². The minimum absolute atomic E-state index is 0.00401. The summed E-state index contributed by atoms with van der Waals surface area (Å²) in [4.78, 5) is 4.57. The average molecular weight is 379 g/mol. The summed E-state index contributed by atoms with van der Waals surface area (Å²) < 4.78 is 18.7. The van der Waals surface area contributed by atoms with Crippen LogP contribution in [0.2, 0.25) is 0 Å². The third kappa shape index (κ3) is 7.32. The van der Waals surface area contributed by atoms with E-state index in [1.807, 2.05) is 24.3 Å². The quantitative estimate of drug-likeness (QED) is 0.671. The van der Waals surface area contributed by atoms with E-state index in [1.165, 1.54) is 25.7 Å². The van der Waals surface area contributed by atoms with Crippen molar-refractivity contribution < 1.29 is 14.2 Å². The minimum Gasteiger partial charge on any atom is -0.471 e. The Hall–Kier alpha value is -1.30. The number of rotatable bonds is 8. The lowest BCUT2D eigenvalue weighted by atomic mass is 10.2. The van der Waals surface area contributed by atoms with Gasteiger partial charge in [0.1, 0.15) is 0 Å². The molecule has 1 heterocycles. The van der Waals surface area contributed by atoms with E-state index in [-0.39, 0.29) is 12.5 Å². The van der Waals surface area contributed by atoms with Crippen LogP contribution in [0.15, 0.2) is 24.3 Å². The van der Waals surface area contributed by atoms with E-state index in [0.29, 0.717) is 13.2 Å². The number of benzene rings is 1. The van der Waals surface area contributed by atoms with Crippen molar-refractivity contribution in [2.45, 2.75) is 64.8 Å². The molecule has 5 nitrogen and oxygen atoms in total. The molecule has 0 saturated heterocycles. The average Bonchev–Trinajstić information content (AvgIpc) is 2.72. The number of hydrogen-bond acceptors (Lipinski definition) is 5. The van der Waals surface area contributed by atoms with E-state index in [4.69, 9.17) is 14.2 Å². The zero-order chi connectivity index (χ0) is 19.5. The highest BCUT2D eigenvalue weighted by Crippen LogP contribution is 2.30. The molecular weight excluding hydrogens is 340 g/mol. The van der Waals surface area contributed by atoms with Crippen molar-refractivity contribution >= 4 is 0 Å². The second kappa shape index (κ2) is 12.2. The van der Waals surface area contributed by atoms with Gasteiger partial charge in [0.05, 0.1) is 13.2 Å². The van der Waals surface area contributed by atoms with Gasteiger partial charge < -0.3 is 14.2 Å². The molecule has 0 amide bonds. The molecule has 1 aromatic carbocycles. The molecule has 0 aliphatic carbocycles. The first-order chi connectivity index (χ1) is 13.2. The molecule has 0 radical (unpaired) electrons. The van der Waals surface area contributed by atoms with Gasteiger partial charge in [0.2, 0.25) is 0 Å². The number of fused-ring (bicyclic) bond motifs is 1. The van der Waals surface area contributed by atoms with E-state index >= 15 is 0 Å². The van der Waals surface area contributed by atoms with Crippen LogP contribution in [0.25, 0.3) is 0 Å². The van der Waals surface area contributed by atoms with E-state index in [0.717, 1.165) is 37.4 Å². The van der Waals surface area contributed by atoms with Crippen LogP contribution in [-0.4, -0.2) is 62.7 Å². The van der Waals surface area contributed by atoms with E-state index in [1.54, 1.807) is 0 Å². The molecule has 0 aromatic heterocycles. The van der Waals surface area contributed by atoms with E-state index in [9.17, 15) is 0 Å². The Balaban J connectivity index is 2.15. The minimum atomic E-state index is -0.00401. The van der Waals surface area contributed by atoms with Crippen LogP contribution in [0.5, 0.6) is 11.5 Å². The Morgan fingerprint density at radius 2 is 1.26 bits per heavy atom. The molecule has 2 rings (SSSR count). The summed E-state index contributed by atoms with van der Waals surface area (Å²) in [6.07, 6.45) is 6.39. The van der Waals surface area contributed by atoms with Gasteiger partial charge in [0.15, 0.2) is 24.0 Å².